The Kier molecular flexibility index (Phi) is 6.18. The predicted octanol–water partition coefficient (Wildman–Crippen LogP) is 1.05. The summed E-state index contributed by atoms with van der Waals surface area (Å²) in [7, 11) is 1.62. The number of rotatable bonds is 5. The maximum Gasteiger partial charge on any atom is 0.319 e. The molecule has 1 saturated heterocycles. The van der Waals surface area contributed by atoms with Gasteiger partial charge in [-0.3, -0.25) is 0 Å². The summed E-state index contributed by atoms with van der Waals surface area (Å²) < 4.78 is 10.0. The molecule has 0 unspecified atom stereocenters. The molecule has 0 aromatic carbocycles. The number of hydrogen-bond donors (Lipinski definition) is 1. The summed E-state index contributed by atoms with van der Waals surface area (Å²) in [6, 6.07) is -0.0238. The van der Waals surface area contributed by atoms with Crippen molar-refractivity contribution in [2.45, 2.75) is 19.8 Å². The van der Waals surface area contributed by atoms with E-state index in [4.69, 9.17) is 9.47 Å². The second-order valence-corrected chi connectivity index (χ2v) is 4.20. The largest absolute Gasteiger partial charge is 0.382 e. The van der Waals surface area contributed by atoms with Crippen molar-refractivity contribution in [2.24, 2.45) is 5.92 Å². The second kappa shape index (κ2) is 7.46. The number of likely N-dealkylation sites (tertiary alicyclic amines) is 1. The van der Waals surface area contributed by atoms with Crippen molar-refractivity contribution in [3.8, 4) is 0 Å². The first kappa shape index (κ1) is 13.3. The van der Waals surface area contributed by atoms with Crippen LogP contribution in [0.4, 0.5) is 4.79 Å². The van der Waals surface area contributed by atoms with Gasteiger partial charge in [0.1, 0.15) is 6.73 Å². The Morgan fingerprint density at radius 2 is 2.06 bits per heavy atom. The zero-order valence-corrected chi connectivity index (χ0v) is 10.2. The molecule has 0 aromatic rings. The van der Waals surface area contributed by atoms with Crippen LogP contribution in [0.25, 0.3) is 0 Å². The van der Waals surface area contributed by atoms with Crippen LogP contribution >= 0.6 is 0 Å². The highest BCUT2D eigenvalue weighted by atomic mass is 16.5. The molecular weight excluding hydrogens is 208 g/mol. The molecular formula is C11H22N2O3. The maximum atomic E-state index is 11.6. The number of nitrogens with one attached hydrogen (secondary N) is 1. The molecule has 5 heteroatoms. The van der Waals surface area contributed by atoms with Gasteiger partial charge >= 0.3 is 6.03 Å². The first-order chi connectivity index (χ1) is 7.74. The molecule has 16 heavy (non-hydrogen) atoms. The Bertz CT molecular complexity index is 203. The van der Waals surface area contributed by atoms with Crippen molar-refractivity contribution in [1.29, 1.82) is 0 Å². The number of methoxy groups -OCH3 is 1. The zero-order chi connectivity index (χ0) is 11.8. The monoisotopic (exact) mass is 230 g/mol. The van der Waals surface area contributed by atoms with Gasteiger partial charge in [-0.1, -0.05) is 6.92 Å². The molecule has 0 spiro atoms. The van der Waals surface area contributed by atoms with E-state index in [0.29, 0.717) is 13.2 Å². The van der Waals surface area contributed by atoms with Gasteiger partial charge in [0.2, 0.25) is 0 Å². The third-order valence-electron chi connectivity index (χ3n) is 2.83. The van der Waals surface area contributed by atoms with E-state index >= 15 is 0 Å². The number of piperidine rings is 1. The van der Waals surface area contributed by atoms with Crippen molar-refractivity contribution in [3.63, 3.8) is 0 Å². The van der Waals surface area contributed by atoms with Crippen molar-refractivity contribution in [3.05, 3.63) is 0 Å². The van der Waals surface area contributed by atoms with Gasteiger partial charge < -0.3 is 19.7 Å². The van der Waals surface area contributed by atoms with Gasteiger partial charge in [-0.05, 0) is 18.8 Å². The van der Waals surface area contributed by atoms with E-state index in [2.05, 4.69) is 12.2 Å². The lowest BCUT2D eigenvalue weighted by Crippen LogP contribution is -2.44. The summed E-state index contributed by atoms with van der Waals surface area (Å²) in [5.74, 6) is 0.738. The van der Waals surface area contributed by atoms with Crippen molar-refractivity contribution in [2.75, 3.05) is 40.1 Å². The van der Waals surface area contributed by atoms with Crippen molar-refractivity contribution < 1.29 is 14.3 Å². The average molecular weight is 230 g/mol. The van der Waals surface area contributed by atoms with E-state index in [1.807, 2.05) is 4.90 Å². The van der Waals surface area contributed by atoms with E-state index in [9.17, 15) is 4.79 Å². The number of nitrogens with zero attached hydrogens (tertiary/aromatic N) is 1. The molecule has 5 nitrogen and oxygen atoms in total. The summed E-state index contributed by atoms with van der Waals surface area (Å²) in [4.78, 5) is 13.5. The molecule has 0 bridgehead atoms. The molecule has 1 aliphatic heterocycles. The van der Waals surface area contributed by atoms with Crippen LogP contribution in [0.15, 0.2) is 0 Å². The first-order valence-corrected chi connectivity index (χ1v) is 5.83. The molecule has 1 rings (SSSR count). The van der Waals surface area contributed by atoms with Gasteiger partial charge in [-0.15, -0.1) is 0 Å². The van der Waals surface area contributed by atoms with Crippen LogP contribution in [-0.4, -0.2) is 51.1 Å². The zero-order valence-electron chi connectivity index (χ0n) is 10.2. The lowest BCUT2D eigenvalue weighted by Gasteiger charge is -2.30. The highest BCUT2D eigenvalue weighted by Crippen LogP contribution is 2.15. The van der Waals surface area contributed by atoms with Crippen LogP contribution in [0.3, 0.4) is 0 Å². The lowest BCUT2D eigenvalue weighted by atomic mass is 10.00. The Balaban J connectivity index is 2.06. The molecule has 0 saturated carbocycles. The highest BCUT2D eigenvalue weighted by Gasteiger charge is 2.19. The quantitative estimate of drug-likeness (QED) is 0.567. The number of carbonyl (C=O) groups excluding carboxylic acids is 1. The van der Waals surface area contributed by atoms with Crippen LogP contribution in [0.5, 0.6) is 0 Å². The van der Waals surface area contributed by atoms with E-state index in [-0.39, 0.29) is 12.8 Å². The fraction of sp³-hybridized carbons (Fsp3) is 0.909. The van der Waals surface area contributed by atoms with Crippen molar-refractivity contribution in [1.82, 2.24) is 10.2 Å². The Morgan fingerprint density at radius 1 is 1.38 bits per heavy atom. The first-order valence-electron chi connectivity index (χ1n) is 5.83. The van der Waals surface area contributed by atoms with Crippen LogP contribution in [-0.2, 0) is 9.47 Å². The minimum Gasteiger partial charge on any atom is -0.382 e. The normalized spacial score (nSPS) is 17.5. The summed E-state index contributed by atoms with van der Waals surface area (Å²) >= 11 is 0. The number of urea groups is 1. The standard InChI is InChI=1S/C11H22N2O3/c1-10-3-5-13(6-4-10)11(14)12-9-16-8-7-15-2/h10H,3-9H2,1-2H3,(H,12,14). The van der Waals surface area contributed by atoms with Crippen molar-refractivity contribution >= 4 is 6.03 Å². The predicted molar refractivity (Wildman–Crippen MR) is 61.2 cm³/mol. The van der Waals surface area contributed by atoms with Gasteiger partial charge in [0.15, 0.2) is 0 Å². The number of hydrogen-bond acceptors (Lipinski definition) is 3. The van der Waals surface area contributed by atoms with E-state index < -0.39 is 0 Å². The molecule has 1 aliphatic rings. The minimum absolute atomic E-state index is 0.0238. The van der Waals surface area contributed by atoms with Gasteiger partial charge in [-0.25, -0.2) is 4.79 Å². The molecule has 1 N–H and O–H groups in total. The Hall–Kier alpha value is -0.810. The van der Waals surface area contributed by atoms with Gasteiger partial charge in [0.25, 0.3) is 0 Å². The summed E-state index contributed by atoms with van der Waals surface area (Å²) in [6.45, 7) is 5.25. The van der Waals surface area contributed by atoms with Gasteiger partial charge in [0.05, 0.1) is 13.2 Å². The Morgan fingerprint density at radius 3 is 2.69 bits per heavy atom. The number of carbonyl (C=O) groups is 1. The minimum atomic E-state index is -0.0238. The molecule has 1 heterocycles. The highest BCUT2D eigenvalue weighted by molar-refractivity contribution is 5.74. The molecule has 94 valence electrons. The van der Waals surface area contributed by atoms with Crippen LogP contribution in [0, 0.1) is 5.92 Å². The summed E-state index contributed by atoms with van der Waals surface area (Å²) in [5.41, 5.74) is 0. The third-order valence-corrected chi connectivity index (χ3v) is 2.83. The molecule has 2 amide bonds. The molecule has 0 aliphatic carbocycles. The fourth-order valence-electron chi connectivity index (χ4n) is 1.65. The summed E-state index contributed by atoms with van der Waals surface area (Å²) in [5, 5.41) is 2.74. The Labute approximate surface area is 97.1 Å². The SMILES string of the molecule is COCCOCNC(=O)N1CCC(C)CC1. The number of amides is 2. The smallest absolute Gasteiger partial charge is 0.319 e. The van der Waals surface area contributed by atoms with E-state index in [0.717, 1.165) is 31.8 Å². The second-order valence-electron chi connectivity index (χ2n) is 4.20. The molecule has 0 aromatic heterocycles. The van der Waals surface area contributed by atoms with Crippen LogP contribution < -0.4 is 5.32 Å². The fourth-order valence-corrected chi connectivity index (χ4v) is 1.65. The molecule has 0 radical (unpaired) electrons. The summed E-state index contributed by atoms with van der Waals surface area (Å²) in [6.07, 6.45) is 2.19. The van der Waals surface area contributed by atoms with E-state index in [1.54, 1.807) is 7.11 Å². The average Bonchev–Trinajstić information content (AvgIpc) is 2.29. The molecule has 1 fully saturated rings. The topological polar surface area (TPSA) is 50.8 Å². The van der Waals surface area contributed by atoms with Crippen LogP contribution in [0.2, 0.25) is 0 Å². The van der Waals surface area contributed by atoms with Gasteiger partial charge in [-0.2, -0.15) is 0 Å². The maximum absolute atomic E-state index is 11.6. The van der Waals surface area contributed by atoms with Gasteiger partial charge in [0, 0.05) is 20.2 Å². The number of ether oxygens (including phenoxy) is 2. The molecule has 0 atom stereocenters. The third kappa shape index (κ3) is 4.81. The van der Waals surface area contributed by atoms with Crippen LogP contribution in [0.1, 0.15) is 19.8 Å². The van der Waals surface area contributed by atoms with E-state index in [1.165, 1.54) is 0 Å². The lowest BCUT2D eigenvalue weighted by molar-refractivity contribution is 0.0607.